The maximum atomic E-state index is 12.3. The van der Waals surface area contributed by atoms with Gasteiger partial charge in [0.15, 0.2) is 0 Å². The summed E-state index contributed by atoms with van der Waals surface area (Å²) in [4.78, 5) is 26.3. The van der Waals surface area contributed by atoms with Crippen LogP contribution in [-0.2, 0) is 14.8 Å². The largest absolute Gasteiger partial charge is 0.335 e. The molecule has 0 atom stereocenters. The fraction of sp³-hybridized carbons (Fsp3) is 0.300. The van der Waals surface area contributed by atoms with Crippen molar-refractivity contribution in [1.29, 1.82) is 0 Å². The summed E-state index contributed by atoms with van der Waals surface area (Å²) < 4.78 is 22.8. The molecule has 9 nitrogen and oxygen atoms in total. The molecule has 0 bridgehead atoms. The Balaban J connectivity index is 1.42. The maximum absolute atomic E-state index is 12.3. The number of nitrogens with one attached hydrogen (secondary N) is 3. The highest BCUT2D eigenvalue weighted by Gasteiger charge is 2.22. The van der Waals surface area contributed by atoms with Crippen LogP contribution in [0.5, 0.6) is 0 Å². The Bertz CT molecular complexity index is 989. The van der Waals surface area contributed by atoms with Gasteiger partial charge in [-0.1, -0.05) is 24.3 Å². The van der Waals surface area contributed by atoms with E-state index in [9.17, 15) is 18.0 Å². The monoisotopic (exact) mass is 431 g/mol. The van der Waals surface area contributed by atoms with E-state index in [1.165, 1.54) is 18.2 Å². The Morgan fingerprint density at radius 3 is 2.30 bits per heavy atom. The van der Waals surface area contributed by atoms with E-state index in [0.29, 0.717) is 18.8 Å². The van der Waals surface area contributed by atoms with Crippen molar-refractivity contribution in [1.82, 2.24) is 10.2 Å². The number of primary sulfonamides is 1. The van der Waals surface area contributed by atoms with Crippen LogP contribution in [0.2, 0.25) is 0 Å². The van der Waals surface area contributed by atoms with Gasteiger partial charge in [0, 0.05) is 30.5 Å². The highest BCUT2D eigenvalue weighted by Crippen LogP contribution is 2.15. The van der Waals surface area contributed by atoms with Gasteiger partial charge in [0.05, 0.1) is 11.4 Å². The Hall–Kier alpha value is -2.95. The number of urea groups is 1. The summed E-state index contributed by atoms with van der Waals surface area (Å²) in [5.74, 6) is -0.241. The normalized spacial score (nSPS) is 15.4. The topological polar surface area (TPSA) is 134 Å². The molecular formula is C20H25N5O4S. The van der Waals surface area contributed by atoms with Crippen molar-refractivity contribution in [3.05, 3.63) is 54.6 Å². The molecule has 5 N–H and O–H groups in total. The van der Waals surface area contributed by atoms with Crippen molar-refractivity contribution in [2.75, 3.05) is 30.3 Å². The zero-order valence-corrected chi connectivity index (χ0v) is 17.2. The third-order valence-corrected chi connectivity index (χ3v) is 5.68. The van der Waals surface area contributed by atoms with Crippen LogP contribution in [0.1, 0.15) is 12.8 Å². The first kappa shape index (κ1) is 21.8. The minimum Gasteiger partial charge on any atom is -0.335 e. The fourth-order valence-corrected chi connectivity index (χ4v) is 3.82. The minimum absolute atomic E-state index is 0.0412. The lowest BCUT2D eigenvalue weighted by Gasteiger charge is -2.31. The predicted octanol–water partition coefficient (Wildman–Crippen LogP) is 1.56. The van der Waals surface area contributed by atoms with Gasteiger partial charge in [-0.05, 0) is 43.2 Å². The molecule has 2 aromatic rings. The number of anilines is 2. The number of nitrogens with zero attached hydrogens (tertiary/aromatic N) is 1. The van der Waals surface area contributed by atoms with Crippen LogP contribution >= 0.6 is 0 Å². The van der Waals surface area contributed by atoms with Crippen LogP contribution in [0, 0.1) is 0 Å². The van der Waals surface area contributed by atoms with E-state index < -0.39 is 10.0 Å². The zero-order chi connectivity index (χ0) is 21.6. The minimum atomic E-state index is -3.83. The van der Waals surface area contributed by atoms with Crippen molar-refractivity contribution in [2.24, 2.45) is 5.14 Å². The van der Waals surface area contributed by atoms with Gasteiger partial charge in [0.1, 0.15) is 0 Å². The number of carbonyl (C=O) groups is 2. The number of sulfonamides is 1. The summed E-state index contributed by atoms with van der Waals surface area (Å²) in [6, 6.07) is 14.8. The second-order valence-electron chi connectivity index (χ2n) is 7.14. The number of likely N-dealkylation sites (tertiary alicyclic amines) is 1. The molecule has 1 saturated heterocycles. The number of hydrogen-bond acceptors (Lipinski definition) is 5. The lowest BCUT2D eigenvalue weighted by molar-refractivity contribution is -0.117. The van der Waals surface area contributed by atoms with Gasteiger partial charge in [-0.3, -0.25) is 9.69 Å². The molecule has 0 radical (unpaired) electrons. The first-order valence-electron chi connectivity index (χ1n) is 9.57. The third-order valence-electron chi connectivity index (χ3n) is 4.77. The van der Waals surface area contributed by atoms with Crippen LogP contribution in [0.15, 0.2) is 59.5 Å². The van der Waals surface area contributed by atoms with E-state index in [1.807, 2.05) is 35.2 Å². The molecule has 10 heteroatoms. The molecule has 3 amide bonds. The molecule has 2 aromatic carbocycles. The summed E-state index contributed by atoms with van der Waals surface area (Å²) >= 11 is 0. The van der Waals surface area contributed by atoms with E-state index in [4.69, 9.17) is 5.14 Å². The molecule has 3 rings (SSSR count). The number of nitrogens with two attached hydrogens (primary N) is 1. The quantitative estimate of drug-likeness (QED) is 0.551. The van der Waals surface area contributed by atoms with Gasteiger partial charge in [-0.2, -0.15) is 0 Å². The molecule has 30 heavy (non-hydrogen) atoms. The predicted molar refractivity (Wildman–Crippen MR) is 115 cm³/mol. The highest BCUT2D eigenvalue weighted by atomic mass is 32.2. The molecule has 1 aliphatic heterocycles. The van der Waals surface area contributed by atoms with E-state index >= 15 is 0 Å². The molecule has 160 valence electrons. The number of piperidine rings is 1. The van der Waals surface area contributed by atoms with E-state index in [0.717, 1.165) is 18.5 Å². The summed E-state index contributed by atoms with van der Waals surface area (Å²) in [5.41, 5.74) is 1.11. The number of amides is 3. The second-order valence-corrected chi connectivity index (χ2v) is 8.70. The van der Waals surface area contributed by atoms with Gasteiger partial charge < -0.3 is 16.0 Å². The third kappa shape index (κ3) is 6.55. The van der Waals surface area contributed by atoms with Gasteiger partial charge >= 0.3 is 6.03 Å². The highest BCUT2D eigenvalue weighted by molar-refractivity contribution is 7.89. The molecule has 1 aliphatic rings. The molecule has 0 aromatic heterocycles. The van der Waals surface area contributed by atoms with Gasteiger partial charge in [0.25, 0.3) is 0 Å². The number of carbonyl (C=O) groups excluding carboxylic acids is 2. The average molecular weight is 432 g/mol. The Morgan fingerprint density at radius 2 is 1.63 bits per heavy atom. The summed E-state index contributed by atoms with van der Waals surface area (Å²) in [7, 11) is -3.83. The molecule has 1 heterocycles. The SMILES string of the molecule is NS(=O)(=O)c1cccc(NC(=O)CN2CCC(NC(=O)Nc3ccccc3)CC2)c1. The molecule has 0 aliphatic carbocycles. The smallest absolute Gasteiger partial charge is 0.319 e. The van der Waals surface area contributed by atoms with Crippen molar-refractivity contribution in [3.63, 3.8) is 0 Å². The van der Waals surface area contributed by atoms with Crippen LogP contribution < -0.4 is 21.1 Å². The fourth-order valence-electron chi connectivity index (χ4n) is 3.26. The number of hydrogen-bond donors (Lipinski definition) is 4. The molecule has 0 saturated carbocycles. The standard InChI is InChI=1S/C20H25N5O4S/c21-30(28,29)18-8-4-7-17(13-18)22-19(26)14-25-11-9-16(10-12-25)24-20(27)23-15-5-2-1-3-6-15/h1-8,13,16H,9-12,14H2,(H,22,26)(H2,21,28,29)(H2,23,24,27). The summed E-state index contributed by atoms with van der Waals surface area (Å²) in [6.07, 6.45) is 1.47. The van der Waals surface area contributed by atoms with Gasteiger partial charge in [-0.25, -0.2) is 18.4 Å². The van der Waals surface area contributed by atoms with Crippen molar-refractivity contribution < 1.29 is 18.0 Å². The lowest BCUT2D eigenvalue weighted by atomic mass is 10.1. The van der Waals surface area contributed by atoms with Gasteiger partial charge in [0.2, 0.25) is 15.9 Å². The van der Waals surface area contributed by atoms with Gasteiger partial charge in [-0.15, -0.1) is 0 Å². The molecule has 0 unspecified atom stereocenters. The number of rotatable bonds is 6. The van der Waals surface area contributed by atoms with Crippen LogP contribution in [0.25, 0.3) is 0 Å². The maximum Gasteiger partial charge on any atom is 0.319 e. The second kappa shape index (κ2) is 9.70. The summed E-state index contributed by atoms with van der Waals surface area (Å²) in [6.45, 7) is 1.52. The number of benzene rings is 2. The molecular weight excluding hydrogens is 406 g/mol. The Kier molecular flexibility index (Phi) is 7.03. The molecule has 0 spiro atoms. The first-order valence-corrected chi connectivity index (χ1v) is 11.1. The Morgan fingerprint density at radius 1 is 0.967 bits per heavy atom. The average Bonchev–Trinajstić information content (AvgIpc) is 2.70. The van der Waals surface area contributed by atoms with E-state index in [-0.39, 0.29) is 29.4 Å². The van der Waals surface area contributed by atoms with E-state index in [1.54, 1.807) is 6.07 Å². The van der Waals surface area contributed by atoms with Crippen LogP contribution in [0.4, 0.5) is 16.2 Å². The lowest BCUT2D eigenvalue weighted by Crippen LogP contribution is -2.47. The van der Waals surface area contributed by atoms with Crippen molar-refractivity contribution in [3.8, 4) is 0 Å². The molecule has 1 fully saturated rings. The summed E-state index contributed by atoms with van der Waals surface area (Å²) in [5, 5.41) is 13.6. The number of para-hydroxylation sites is 1. The van der Waals surface area contributed by atoms with Crippen LogP contribution in [-0.4, -0.2) is 50.9 Å². The van der Waals surface area contributed by atoms with Crippen LogP contribution in [0.3, 0.4) is 0 Å². The van der Waals surface area contributed by atoms with Crippen molar-refractivity contribution in [2.45, 2.75) is 23.8 Å². The van der Waals surface area contributed by atoms with E-state index in [2.05, 4.69) is 16.0 Å². The van der Waals surface area contributed by atoms with Crippen molar-refractivity contribution >= 4 is 33.3 Å². The zero-order valence-electron chi connectivity index (χ0n) is 16.4. The first-order chi connectivity index (χ1) is 14.3. The Labute approximate surface area is 175 Å².